The average molecular weight is 270 g/mol. The van der Waals surface area contributed by atoms with Gasteiger partial charge in [-0.1, -0.05) is 20.8 Å². The molecule has 6 heteroatoms. The molecule has 1 saturated carbocycles. The maximum atomic E-state index is 11.8. The zero-order valence-corrected chi connectivity index (χ0v) is 11.6. The number of hydrogen-bond acceptors (Lipinski definition) is 4. The molecule has 2 N–H and O–H groups in total. The number of primary sulfonamides is 1. The molecule has 1 aliphatic carbocycles. The number of pyridine rings is 1. The molecule has 0 amide bonds. The Kier molecular flexibility index (Phi) is 3.11. The van der Waals surface area contributed by atoms with Gasteiger partial charge in [-0.05, 0) is 23.8 Å². The van der Waals surface area contributed by atoms with Gasteiger partial charge in [0.2, 0.25) is 10.0 Å². The predicted molar refractivity (Wildman–Crippen MR) is 68.0 cm³/mol. The van der Waals surface area contributed by atoms with Gasteiger partial charge in [-0.15, -0.1) is 0 Å². The molecule has 0 radical (unpaired) electrons. The standard InChI is InChI=1S/C12H18N2O3S/c1-12(2,3)9-6-14-7-10(17-8-4-5-8)11(9)18(13,15)16/h6-8H,4-5H2,1-3H3,(H2,13,15,16). The van der Waals surface area contributed by atoms with E-state index in [1.54, 1.807) is 6.20 Å². The summed E-state index contributed by atoms with van der Waals surface area (Å²) in [5.74, 6) is 0.271. The normalized spacial score (nSPS) is 16.7. The minimum absolute atomic E-state index is 0.0666. The zero-order valence-electron chi connectivity index (χ0n) is 10.8. The van der Waals surface area contributed by atoms with Crippen molar-refractivity contribution in [2.45, 2.75) is 50.0 Å². The molecule has 18 heavy (non-hydrogen) atoms. The van der Waals surface area contributed by atoms with E-state index in [0.717, 1.165) is 12.8 Å². The van der Waals surface area contributed by atoms with E-state index < -0.39 is 10.0 Å². The highest BCUT2D eigenvalue weighted by molar-refractivity contribution is 7.89. The quantitative estimate of drug-likeness (QED) is 0.903. The average Bonchev–Trinajstić information content (AvgIpc) is 2.98. The highest BCUT2D eigenvalue weighted by Gasteiger charge is 2.31. The summed E-state index contributed by atoms with van der Waals surface area (Å²) in [5, 5.41) is 5.32. The van der Waals surface area contributed by atoms with Gasteiger partial charge in [0.25, 0.3) is 0 Å². The summed E-state index contributed by atoms with van der Waals surface area (Å²) in [7, 11) is -3.83. The molecule has 0 atom stereocenters. The van der Waals surface area contributed by atoms with E-state index in [2.05, 4.69) is 4.98 Å². The highest BCUT2D eigenvalue weighted by Crippen LogP contribution is 2.36. The number of aromatic nitrogens is 1. The second kappa shape index (κ2) is 4.20. The number of rotatable bonds is 3. The molecule has 0 spiro atoms. The van der Waals surface area contributed by atoms with Crippen molar-refractivity contribution in [1.29, 1.82) is 0 Å². The Balaban J connectivity index is 2.59. The van der Waals surface area contributed by atoms with Crippen molar-refractivity contribution >= 4 is 10.0 Å². The summed E-state index contributed by atoms with van der Waals surface area (Å²) in [6.07, 6.45) is 4.96. The van der Waals surface area contributed by atoms with Crippen LogP contribution in [0.3, 0.4) is 0 Å². The van der Waals surface area contributed by atoms with Gasteiger partial charge < -0.3 is 4.74 Å². The zero-order chi connectivity index (χ0) is 13.6. The summed E-state index contributed by atoms with van der Waals surface area (Å²) < 4.78 is 29.2. The lowest BCUT2D eigenvalue weighted by molar-refractivity contribution is 0.291. The maximum Gasteiger partial charge on any atom is 0.242 e. The number of ether oxygens (including phenoxy) is 1. The molecule has 1 aromatic rings. The lowest BCUT2D eigenvalue weighted by Crippen LogP contribution is -2.23. The largest absolute Gasteiger partial charge is 0.487 e. The Labute approximate surface area is 107 Å². The molecule has 1 fully saturated rings. The minimum atomic E-state index is -3.83. The van der Waals surface area contributed by atoms with E-state index in [0.29, 0.717) is 5.56 Å². The second-order valence-corrected chi connectivity index (χ2v) is 7.12. The molecular formula is C12H18N2O3S. The maximum absolute atomic E-state index is 11.8. The summed E-state index contributed by atoms with van der Waals surface area (Å²) in [6, 6.07) is 0. The van der Waals surface area contributed by atoms with Gasteiger partial charge in [0.15, 0.2) is 5.75 Å². The smallest absolute Gasteiger partial charge is 0.242 e. The molecule has 1 heterocycles. The van der Waals surface area contributed by atoms with Crippen LogP contribution in [0.5, 0.6) is 5.75 Å². The van der Waals surface area contributed by atoms with Crippen molar-refractivity contribution in [2.75, 3.05) is 0 Å². The first-order valence-corrected chi connectivity index (χ1v) is 7.42. The summed E-state index contributed by atoms with van der Waals surface area (Å²) in [6.45, 7) is 5.75. The van der Waals surface area contributed by atoms with Crippen molar-refractivity contribution in [1.82, 2.24) is 4.98 Å². The van der Waals surface area contributed by atoms with Gasteiger partial charge in [0.1, 0.15) is 4.90 Å². The third-order valence-corrected chi connectivity index (χ3v) is 3.76. The van der Waals surface area contributed by atoms with E-state index >= 15 is 0 Å². The SMILES string of the molecule is CC(C)(C)c1cncc(OC2CC2)c1S(N)(=O)=O. The Hall–Kier alpha value is -1.14. The Morgan fingerprint density at radius 2 is 1.94 bits per heavy atom. The van der Waals surface area contributed by atoms with Crippen LogP contribution < -0.4 is 9.88 Å². The van der Waals surface area contributed by atoms with Crippen LogP contribution in [0.2, 0.25) is 0 Å². The number of nitrogens with two attached hydrogens (primary N) is 1. The molecule has 0 saturated heterocycles. The van der Waals surface area contributed by atoms with Crippen LogP contribution in [0.15, 0.2) is 17.3 Å². The predicted octanol–water partition coefficient (Wildman–Crippen LogP) is 1.57. The molecule has 5 nitrogen and oxygen atoms in total. The number of sulfonamides is 1. The molecule has 1 aliphatic rings. The molecule has 2 rings (SSSR count). The van der Waals surface area contributed by atoms with Gasteiger partial charge in [-0.25, -0.2) is 13.6 Å². The third-order valence-electron chi connectivity index (χ3n) is 2.77. The Bertz CT molecular complexity index is 557. The Morgan fingerprint density at radius 1 is 1.33 bits per heavy atom. The summed E-state index contributed by atoms with van der Waals surface area (Å²) >= 11 is 0. The van der Waals surface area contributed by atoms with Crippen molar-refractivity contribution in [3.63, 3.8) is 0 Å². The number of hydrogen-bond donors (Lipinski definition) is 1. The topological polar surface area (TPSA) is 82.3 Å². The molecule has 0 aromatic carbocycles. The van der Waals surface area contributed by atoms with Gasteiger partial charge in [-0.3, -0.25) is 4.98 Å². The van der Waals surface area contributed by atoms with Crippen LogP contribution in [0.4, 0.5) is 0 Å². The summed E-state index contributed by atoms with van der Waals surface area (Å²) in [5.41, 5.74) is 0.223. The van der Waals surface area contributed by atoms with Crippen LogP contribution in [-0.2, 0) is 15.4 Å². The molecule has 1 aromatic heterocycles. The molecular weight excluding hydrogens is 252 g/mol. The summed E-state index contributed by atoms with van der Waals surface area (Å²) in [4.78, 5) is 4.13. The lowest BCUT2D eigenvalue weighted by atomic mass is 9.88. The van der Waals surface area contributed by atoms with Gasteiger partial charge in [0, 0.05) is 6.20 Å². The van der Waals surface area contributed by atoms with Crippen molar-refractivity contribution in [3.05, 3.63) is 18.0 Å². The molecule has 0 aliphatic heterocycles. The van der Waals surface area contributed by atoms with Crippen LogP contribution in [0.1, 0.15) is 39.2 Å². The molecule has 0 bridgehead atoms. The fraction of sp³-hybridized carbons (Fsp3) is 0.583. The second-order valence-electron chi connectivity index (χ2n) is 5.63. The van der Waals surface area contributed by atoms with E-state index in [1.165, 1.54) is 6.20 Å². The first-order chi connectivity index (χ1) is 8.19. The van der Waals surface area contributed by atoms with Crippen LogP contribution >= 0.6 is 0 Å². The fourth-order valence-electron chi connectivity index (χ4n) is 1.71. The minimum Gasteiger partial charge on any atom is -0.487 e. The first kappa shape index (κ1) is 13.3. The third kappa shape index (κ3) is 2.81. The van der Waals surface area contributed by atoms with Crippen molar-refractivity contribution in [2.24, 2.45) is 5.14 Å². The first-order valence-electron chi connectivity index (χ1n) is 5.87. The van der Waals surface area contributed by atoms with E-state index in [4.69, 9.17) is 9.88 Å². The van der Waals surface area contributed by atoms with Crippen molar-refractivity contribution < 1.29 is 13.2 Å². The molecule has 0 unspecified atom stereocenters. The highest BCUT2D eigenvalue weighted by atomic mass is 32.2. The Morgan fingerprint density at radius 3 is 2.39 bits per heavy atom. The number of nitrogens with zero attached hydrogens (tertiary/aromatic N) is 1. The van der Waals surface area contributed by atoms with Gasteiger partial charge in [0.05, 0.1) is 12.3 Å². The van der Waals surface area contributed by atoms with Crippen LogP contribution in [-0.4, -0.2) is 19.5 Å². The van der Waals surface area contributed by atoms with Crippen LogP contribution in [0, 0.1) is 0 Å². The van der Waals surface area contributed by atoms with E-state index in [-0.39, 0.29) is 22.2 Å². The monoisotopic (exact) mass is 270 g/mol. The fourth-order valence-corrected chi connectivity index (χ4v) is 2.75. The van der Waals surface area contributed by atoms with Gasteiger partial charge >= 0.3 is 0 Å². The van der Waals surface area contributed by atoms with Crippen LogP contribution in [0.25, 0.3) is 0 Å². The molecule has 100 valence electrons. The van der Waals surface area contributed by atoms with E-state index in [1.807, 2.05) is 20.8 Å². The van der Waals surface area contributed by atoms with Gasteiger partial charge in [-0.2, -0.15) is 0 Å². The lowest BCUT2D eigenvalue weighted by Gasteiger charge is -2.23. The van der Waals surface area contributed by atoms with E-state index in [9.17, 15) is 8.42 Å². The van der Waals surface area contributed by atoms with Crippen molar-refractivity contribution in [3.8, 4) is 5.75 Å².